The number of hydrogen-bond acceptors (Lipinski definition) is 2. The zero-order valence-corrected chi connectivity index (χ0v) is 10.6. The third kappa shape index (κ3) is 6.48. The molecule has 0 fully saturated rings. The standard InChI is InChI=1S/C9H16F2O.C2H4O2/c1-6(8(3,4)5)9(10,11)7(2)12;1-2(3)4/h6H,1-5H3;1H3,(H,3,4). The summed E-state index contributed by atoms with van der Waals surface area (Å²) in [4.78, 5) is 19.6. The second-order valence-corrected chi connectivity index (χ2v) is 4.79. The number of Topliss-reactive ketones (excluding diaryl/α,β-unsaturated/α-hetero) is 1. The van der Waals surface area contributed by atoms with Crippen LogP contribution in [0.25, 0.3) is 0 Å². The third-order valence-corrected chi connectivity index (χ3v) is 2.31. The first-order chi connectivity index (χ1) is 6.83. The van der Waals surface area contributed by atoms with Crippen molar-refractivity contribution in [3.63, 3.8) is 0 Å². The van der Waals surface area contributed by atoms with E-state index in [1.54, 1.807) is 20.8 Å². The Kier molecular flexibility index (Phi) is 6.43. The van der Waals surface area contributed by atoms with Crippen molar-refractivity contribution in [3.8, 4) is 0 Å². The molecule has 0 saturated heterocycles. The summed E-state index contributed by atoms with van der Waals surface area (Å²) in [6.45, 7) is 8.53. The Bertz CT molecular complexity index is 250. The Balaban J connectivity index is 0. The number of carboxylic acids is 1. The Morgan fingerprint density at radius 3 is 1.44 bits per heavy atom. The normalized spacial score (nSPS) is 13.5. The predicted octanol–water partition coefficient (Wildman–Crippen LogP) is 2.98. The number of halogens is 2. The average molecular weight is 238 g/mol. The van der Waals surface area contributed by atoms with Crippen LogP contribution in [0, 0.1) is 11.3 Å². The van der Waals surface area contributed by atoms with Gasteiger partial charge < -0.3 is 5.11 Å². The second-order valence-electron chi connectivity index (χ2n) is 4.79. The van der Waals surface area contributed by atoms with E-state index in [0.717, 1.165) is 13.8 Å². The molecule has 0 aliphatic heterocycles. The molecule has 0 aliphatic rings. The molecule has 0 amide bonds. The van der Waals surface area contributed by atoms with E-state index in [0.29, 0.717) is 0 Å². The molecule has 0 aromatic heterocycles. The molecule has 0 saturated carbocycles. The molecule has 0 aromatic carbocycles. The van der Waals surface area contributed by atoms with Crippen LogP contribution in [-0.2, 0) is 9.59 Å². The van der Waals surface area contributed by atoms with Gasteiger partial charge in [0.2, 0.25) is 0 Å². The van der Waals surface area contributed by atoms with Gasteiger partial charge in [-0.05, 0) is 5.41 Å². The molecule has 96 valence electrons. The Labute approximate surface area is 94.8 Å². The molecule has 0 heterocycles. The Hall–Kier alpha value is -1.00. The van der Waals surface area contributed by atoms with Gasteiger partial charge in [-0.1, -0.05) is 27.7 Å². The van der Waals surface area contributed by atoms with Crippen LogP contribution >= 0.6 is 0 Å². The number of carbonyl (C=O) groups is 2. The molecule has 0 radical (unpaired) electrons. The van der Waals surface area contributed by atoms with E-state index in [9.17, 15) is 13.6 Å². The maximum Gasteiger partial charge on any atom is 0.307 e. The summed E-state index contributed by atoms with van der Waals surface area (Å²) >= 11 is 0. The minimum absolute atomic E-state index is 0.546. The summed E-state index contributed by atoms with van der Waals surface area (Å²) < 4.78 is 26.2. The summed E-state index contributed by atoms with van der Waals surface area (Å²) in [6.07, 6.45) is 0. The van der Waals surface area contributed by atoms with Crippen LogP contribution in [0.3, 0.4) is 0 Å². The SMILES string of the molecule is CC(=O)C(F)(F)C(C)C(C)(C)C.CC(=O)O. The first-order valence-corrected chi connectivity index (χ1v) is 4.91. The number of ketones is 1. The molecule has 0 aromatic rings. The lowest BCUT2D eigenvalue weighted by Crippen LogP contribution is -2.40. The van der Waals surface area contributed by atoms with Crippen molar-refractivity contribution in [1.82, 2.24) is 0 Å². The van der Waals surface area contributed by atoms with E-state index < -0.39 is 29.0 Å². The fraction of sp³-hybridized carbons (Fsp3) is 0.818. The van der Waals surface area contributed by atoms with Crippen molar-refractivity contribution in [3.05, 3.63) is 0 Å². The fourth-order valence-corrected chi connectivity index (χ4v) is 0.849. The van der Waals surface area contributed by atoms with E-state index in [4.69, 9.17) is 9.90 Å². The fourth-order valence-electron chi connectivity index (χ4n) is 0.849. The number of carboxylic acid groups (broad SMARTS) is 1. The van der Waals surface area contributed by atoms with Gasteiger partial charge in [-0.3, -0.25) is 9.59 Å². The zero-order chi connectivity index (χ0) is 13.7. The van der Waals surface area contributed by atoms with Crippen molar-refractivity contribution in [2.45, 2.75) is 47.5 Å². The van der Waals surface area contributed by atoms with Crippen LogP contribution in [0.2, 0.25) is 0 Å². The van der Waals surface area contributed by atoms with Gasteiger partial charge in [-0.25, -0.2) is 0 Å². The highest BCUT2D eigenvalue weighted by atomic mass is 19.3. The predicted molar refractivity (Wildman–Crippen MR) is 57.6 cm³/mol. The third-order valence-electron chi connectivity index (χ3n) is 2.31. The minimum atomic E-state index is -3.20. The number of alkyl halides is 2. The van der Waals surface area contributed by atoms with Gasteiger partial charge in [0, 0.05) is 19.8 Å². The monoisotopic (exact) mass is 238 g/mol. The molecule has 1 atom stereocenters. The number of aliphatic carboxylic acids is 1. The number of rotatable bonds is 2. The molecule has 0 bridgehead atoms. The van der Waals surface area contributed by atoms with Crippen LogP contribution in [0.1, 0.15) is 41.5 Å². The zero-order valence-electron chi connectivity index (χ0n) is 10.6. The van der Waals surface area contributed by atoms with Gasteiger partial charge in [0.1, 0.15) is 0 Å². The minimum Gasteiger partial charge on any atom is -0.481 e. The van der Waals surface area contributed by atoms with Crippen molar-refractivity contribution < 1.29 is 23.5 Å². The quantitative estimate of drug-likeness (QED) is 0.804. The molecular formula is C11H20F2O3. The lowest BCUT2D eigenvalue weighted by Gasteiger charge is -2.32. The smallest absolute Gasteiger partial charge is 0.307 e. The summed E-state index contributed by atoms with van der Waals surface area (Å²) in [7, 11) is 0. The van der Waals surface area contributed by atoms with Crippen LogP contribution in [-0.4, -0.2) is 22.8 Å². The Morgan fingerprint density at radius 1 is 1.12 bits per heavy atom. The number of hydrogen-bond donors (Lipinski definition) is 1. The van der Waals surface area contributed by atoms with Crippen LogP contribution in [0.15, 0.2) is 0 Å². The summed E-state index contributed by atoms with van der Waals surface area (Å²) in [5, 5.41) is 7.42. The van der Waals surface area contributed by atoms with Crippen molar-refractivity contribution in [2.75, 3.05) is 0 Å². The average Bonchev–Trinajstić information content (AvgIpc) is 1.99. The highest BCUT2D eigenvalue weighted by Crippen LogP contribution is 2.38. The molecule has 1 N–H and O–H groups in total. The van der Waals surface area contributed by atoms with Gasteiger partial charge in [0.25, 0.3) is 5.97 Å². The molecule has 3 nitrogen and oxygen atoms in total. The van der Waals surface area contributed by atoms with Gasteiger partial charge >= 0.3 is 5.92 Å². The molecule has 0 aliphatic carbocycles. The van der Waals surface area contributed by atoms with Gasteiger partial charge in [0.05, 0.1) is 0 Å². The molecule has 0 spiro atoms. The van der Waals surface area contributed by atoms with Crippen LogP contribution in [0.4, 0.5) is 8.78 Å². The number of carbonyl (C=O) groups excluding carboxylic acids is 1. The molecular weight excluding hydrogens is 218 g/mol. The highest BCUT2D eigenvalue weighted by Gasteiger charge is 2.46. The van der Waals surface area contributed by atoms with Gasteiger partial charge in [-0.15, -0.1) is 0 Å². The molecule has 0 rings (SSSR count). The van der Waals surface area contributed by atoms with E-state index in [1.807, 2.05) is 0 Å². The summed E-state index contributed by atoms with van der Waals surface area (Å²) in [5.41, 5.74) is -0.546. The van der Waals surface area contributed by atoms with Crippen molar-refractivity contribution in [1.29, 1.82) is 0 Å². The van der Waals surface area contributed by atoms with Crippen LogP contribution in [0.5, 0.6) is 0 Å². The lowest BCUT2D eigenvalue weighted by molar-refractivity contribution is -0.154. The second kappa shape index (κ2) is 5.92. The lowest BCUT2D eigenvalue weighted by atomic mass is 9.77. The topological polar surface area (TPSA) is 54.4 Å². The largest absolute Gasteiger partial charge is 0.481 e. The maximum atomic E-state index is 13.1. The molecule has 5 heteroatoms. The maximum absolute atomic E-state index is 13.1. The summed E-state index contributed by atoms with van der Waals surface area (Å²) in [6, 6.07) is 0. The first kappa shape index (κ1) is 17.4. The summed E-state index contributed by atoms with van der Waals surface area (Å²) in [5.74, 6) is -6.01. The molecule has 16 heavy (non-hydrogen) atoms. The van der Waals surface area contributed by atoms with E-state index in [2.05, 4.69) is 0 Å². The van der Waals surface area contributed by atoms with Gasteiger partial charge in [0.15, 0.2) is 5.78 Å². The highest BCUT2D eigenvalue weighted by molar-refractivity contribution is 5.83. The van der Waals surface area contributed by atoms with E-state index in [-0.39, 0.29) is 0 Å². The van der Waals surface area contributed by atoms with E-state index >= 15 is 0 Å². The van der Waals surface area contributed by atoms with Gasteiger partial charge in [-0.2, -0.15) is 8.78 Å². The van der Waals surface area contributed by atoms with E-state index in [1.165, 1.54) is 6.92 Å². The van der Waals surface area contributed by atoms with Crippen LogP contribution < -0.4 is 0 Å². The van der Waals surface area contributed by atoms with Crippen molar-refractivity contribution in [2.24, 2.45) is 11.3 Å². The Morgan fingerprint density at radius 2 is 1.38 bits per heavy atom. The molecule has 1 unspecified atom stereocenters. The first-order valence-electron chi connectivity index (χ1n) is 4.91. The van der Waals surface area contributed by atoms with Crippen molar-refractivity contribution >= 4 is 11.8 Å².